The summed E-state index contributed by atoms with van der Waals surface area (Å²) in [5, 5.41) is 8.48. The average Bonchev–Trinajstić information content (AvgIpc) is 2.62. The summed E-state index contributed by atoms with van der Waals surface area (Å²) >= 11 is 0. The minimum absolute atomic E-state index is 0.190. The van der Waals surface area contributed by atoms with Crippen LogP contribution in [0.15, 0.2) is 24.3 Å². The number of nitrogens with one attached hydrogen (secondary N) is 3. The van der Waals surface area contributed by atoms with Gasteiger partial charge in [0.25, 0.3) is 5.91 Å². The number of morpholine rings is 1. The van der Waals surface area contributed by atoms with Gasteiger partial charge in [-0.3, -0.25) is 9.59 Å². The van der Waals surface area contributed by atoms with E-state index in [2.05, 4.69) is 16.0 Å². The van der Waals surface area contributed by atoms with Crippen LogP contribution in [0.2, 0.25) is 0 Å². The van der Waals surface area contributed by atoms with Crippen LogP contribution in [-0.4, -0.2) is 55.7 Å². The van der Waals surface area contributed by atoms with Gasteiger partial charge in [-0.15, -0.1) is 0 Å². The Kier molecular flexibility index (Phi) is 7.11. The molecule has 1 aliphatic heterocycles. The van der Waals surface area contributed by atoms with Crippen molar-refractivity contribution in [3.63, 3.8) is 0 Å². The quantitative estimate of drug-likeness (QED) is 0.642. The van der Waals surface area contributed by atoms with Crippen molar-refractivity contribution in [2.45, 2.75) is 39.0 Å². The Morgan fingerprint density at radius 1 is 1.31 bits per heavy atom. The molecule has 1 fully saturated rings. The van der Waals surface area contributed by atoms with Crippen molar-refractivity contribution in [3.05, 3.63) is 29.8 Å². The molecule has 3 N–H and O–H groups in total. The molecule has 0 bridgehead atoms. The van der Waals surface area contributed by atoms with Crippen LogP contribution < -0.4 is 16.0 Å². The normalized spacial score (nSPS) is 20.7. The summed E-state index contributed by atoms with van der Waals surface area (Å²) in [5.41, 5.74) is 0.955. The van der Waals surface area contributed by atoms with Crippen LogP contribution in [0.4, 0.5) is 5.69 Å². The van der Waals surface area contributed by atoms with Crippen LogP contribution in [-0.2, 0) is 19.1 Å². The van der Waals surface area contributed by atoms with E-state index in [-0.39, 0.29) is 24.5 Å². The number of hydrogen-bond acceptors (Lipinski definition) is 6. The van der Waals surface area contributed by atoms with E-state index < -0.39 is 18.1 Å². The molecular formula is C18H25N3O5. The molecule has 142 valence electrons. The van der Waals surface area contributed by atoms with Crippen molar-refractivity contribution in [3.8, 4) is 0 Å². The molecule has 2 rings (SSSR count). The third-order valence-corrected chi connectivity index (χ3v) is 4.00. The van der Waals surface area contributed by atoms with Crippen LogP contribution in [0, 0.1) is 0 Å². The van der Waals surface area contributed by atoms with E-state index in [1.54, 1.807) is 38.1 Å². The van der Waals surface area contributed by atoms with Gasteiger partial charge in [-0.2, -0.15) is 0 Å². The van der Waals surface area contributed by atoms with Crippen LogP contribution in [0.25, 0.3) is 0 Å². The maximum absolute atomic E-state index is 12.3. The van der Waals surface area contributed by atoms with Gasteiger partial charge in [-0.05, 0) is 45.0 Å². The molecule has 26 heavy (non-hydrogen) atoms. The number of carbonyl (C=O) groups excluding carboxylic acids is 3. The second-order valence-corrected chi connectivity index (χ2v) is 6.02. The van der Waals surface area contributed by atoms with Crippen LogP contribution in [0.5, 0.6) is 0 Å². The van der Waals surface area contributed by atoms with Gasteiger partial charge in [-0.25, -0.2) is 4.79 Å². The zero-order valence-corrected chi connectivity index (χ0v) is 15.2. The molecule has 1 aliphatic rings. The fraction of sp³-hybridized carbons (Fsp3) is 0.500. The number of benzene rings is 1. The summed E-state index contributed by atoms with van der Waals surface area (Å²) in [5.74, 6) is -1.06. The highest BCUT2D eigenvalue weighted by atomic mass is 16.5. The lowest BCUT2D eigenvalue weighted by Crippen LogP contribution is -2.53. The third-order valence-electron chi connectivity index (χ3n) is 4.00. The van der Waals surface area contributed by atoms with Crippen LogP contribution in [0.3, 0.4) is 0 Å². The van der Waals surface area contributed by atoms with Gasteiger partial charge in [-0.1, -0.05) is 0 Å². The molecule has 1 heterocycles. The summed E-state index contributed by atoms with van der Waals surface area (Å²) in [6.07, 6.45) is -0.210. The molecule has 1 aromatic carbocycles. The molecule has 2 amide bonds. The SMILES string of the molecule is CCOC(=O)C(C)NC(=O)c1ccc(NC(=O)[C@H]2NCCO[C@@H]2C)cc1. The molecule has 8 nitrogen and oxygen atoms in total. The van der Waals surface area contributed by atoms with Crippen molar-refractivity contribution < 1.29 is 23.9 Å². The lowest BCUT2D eigenvalue weighted by atomic mass is 10.1. The standard InChI is InChI=1S/C18H25N3O5/c1-4-25-18(24)11(2)20-16(22)13-5-7-14(8-6-13)21-17(23)15-12(3)26-10-9-19-15/h5-8,11-12,15,19H,4,9-10H2,1-3H3,(H,20,22)(H,21,23)/t11?,12-,15+/m1/s1. The predicted molar refractivity (Wildman–Crippen MR) is 95.8 cm³/mol. The molecule has 0 saturated carbocycles. The Morgan fingerprint density at radius 3 is 2.62 bits per heavy atom. The van der Waals surface area contributed by atoms with Gasteiger partial charge >= 0.3 is 5.97 Å². The Bertz CT molecular complexity index is 647. The second-order valence-electron chi connectivity index (χ2n) is 6.02. The number of amides is 2. The van der Waals surface area contributed by atoms with Crippen LogP contribution >= 0.6 is 0 Å². The maximum Gasteiger partial charge on any atom is 0.328 e. The van der Waals surface area contributed by atoms with E-state index in [0.29, 0.717) is 24.4 Å². The third kappa shape index (κ3) is 5.27. The molecule has 1 aromatic rings. The first kappa shape index (κ1) is 19.9. The molecule has 0 aliphatic carbocycles. The number of esters is 1. The van der Waals surface area contributed by atoms with Gasteiger partial charge in [0.2, 0.25) is 5.91 Å². The Balaban J connectivity index is 1.92. The first-order chi connectivity index (χ1) is 12.4. The number of hydrogen-bond donors (Lipinski definition) is 3. The van der Waals surface area contributed by atoms with Gasteiger partial charge in [0.1, 0.15) is 12.1 Å². The molecule has 3 atom stereocenters. The predicted octanol–water partition coefficient (Wildman–Crippen LogP) is 0.683. The van der Waals surface area contributed by atoms with E-state index in [9.17, 15) is 14.4 Å². The highest BCUT2D eigenvalue weighted by Gasteiger charge is 2.28. The molecule has 0 aromatic heterocycles. The summed E-state index contributed by atoms with van der Waals surface area (Å²) in [6.45, 7) is 6.57. The topological polar surface area (TPSA) is 106 Å². The smallest absolute Gasteiger partial charge is 0.328 e. The summed E-state index contributed by atoms with van der Waals surface area (Å²) < 4.78 is 10.3. The zero-order valence-electron chi connectivity index (χ0n) is 15.2. The highest BCUT2D eigenvalue weighted by Crippen LogP contribution is 2.12. The molecule has 1 unspecified atom stereocenters. The fourth-order valence-electron chi connectivity index (χ4n) is 2.56. The second kappa shape index (κ2) is 9.30. The minimum atomic E-state index is -0.735. The van der Waals surface area contributed by atoms with Gasteiger partial charge in [0.05, 0.1) is 19.3 Å². The van der Waals surface area contributed by atoms with Gasteiger partial charge in [0, 0.05) is 17.8 Å². The van der Waals surface area contributed by atoms with Crippen LogP contribution in [0.1, 0.15) is 31.1 Å². The number of anilines is 1. The zero-order chi connectivity index (χ0) is 19.1. The highest BCUT2D eigenvalue weighted by molar-refractivity contribution is 5.98. The Morgan fingerprint density at radius 2 is 2.00 bits per heavy atom. The summed E-state index contributed by atoms with van der Waals surface area (Å²) in [7, 11) is 0. The maximum atomic E-state index is 12.3. The van der Waals surface area contributed by atoms with E-state index in [1.807, 2.05) is 6.92 Å². The molecule has 8 heteroatoms. The first-order valence-corrected chi connectivity index (χ1v) is 8.65. The van der Waals surface area contributed by atoms with Gasteiger partial charge < -0.3 is 25.4 Å². The van der Waals surface area contributed by atoms with Crippen molar-refractivity contribution in [1.82, 2.24) is 10.6 Å². The Hall–Kier alpha value is -2.45. The van der Waals surface area contributed by atoms with Crippen molar-refractivity contribution in [2.24, 2.45) is 0 Å². The largest absolute Gasteiger partial charge is 0.464 e. The summed E-state index contributed by atoms with van der Waals surface area (Å²) in [4.78, 5) is 36.0. The van der Waals surface area contributed by atoms with E-state index in [4.69, 9.17) is 9.47 Å². The molecule has 1 saturated heterocycles. The number of ether oxygens (including phenoxy) is 2. The lowest BCUT2D eigenvalue weighted by molar-refractivity contribution is -0.144. The van der Waals surface area contributed by atoms with Crippen molar-refractivity contribution >= 4 is 23.5 Å². The van der Waals surface area contributed by atoms with E-state index in [1.165, 1.54) is 0 Å². The van der Waals surface area contributed by atoms with E-state index in [0.717, 1.165) is 0 Å². The molecule has 0 radical (unpaired) electrons. The number of rotatable bonds is 6. The van der Waals surface area contributed by atoms with Gasteiger partial charge in [0.15, 0.2) is 0 Å². The van der Waals surface area contributed by atoms with Crippen molar-refractivity contribution in [2.75, 3.05) is 25.1 Å². The van der Waals surface area contributed by atoms with E-state index >= 15 is 0 Å². The monoisotopic (exact) mass is 363 g/mol. The average molecular weight is 363 g/mol. The Labute approximate surface area is 152 Å². The summed E-state index contributed by atoms with van der Waals surface area (Å²) in [6, 6.07) is 5.28. The molecular weight excluding hydrogens is 338 g/mol. The lowest BCUT2D eigenvalue weighted by Gasteiger charge is -2.29. The minimum Gasteiger partial charge on any atom is -0.464 e. The number of carbonyl (C=O) groups is 3. The first-order valence-electron chi connectivity index (χ1n) is 8.65. The fourth-order valence-corrected chi connectivity index (χ4v) is 2.56. The molecule has 0 spiro atoms. The van der Waals surface area contributed by atoms with Crippen molar-refractivity contribution in [1.29, 1.82) is 0 Å².